The van der Waals surface area contributed by atoms with Gasteiger partial charge in [-0.05, 0) is 54.7 Å². The second-order valence-corrected chi connectivity index (χ2v) is 7.56. The minimum Gasteiger partial charge on any atom is -0.379 e. The Hall–Kier alpha value is -2.58. The fourth-order valence-corrected chi connectivity index (χ4v) is 3.60. The Kier molecular flexibility index (Phi) is 5.26. The number of rotatable bonds is 6. The van der Waals surface area contributed by atoms with Gasteiger partial charge in [0.1, 0.15) is 5.82 Å². The first-order valence-corrected chi connectivity index (χ1v) is 9.71. The predicted octanol–water partition coefficient (Wildman–Crippen LogP) is 3.84. The predicted molar refractivity (Wildman–Crippen MR) is 106 cm³/mol. The molecule has 0 radical (unpaired) electrons. The molecular formula is C22H25FN4. The van der Waals surface area contributed by atoms with E-state index in [0.717, 1.165) is 37.7 Å². The molecule has 2 aromatic carbocycles. The Balaban J connectivity index is 1.29. The number of anilines is 2. The van der Waals surface area contributed by atoms with Gasteiger partial charge in [-0.3, -0.25) is 4.90 Å². The van der Waals surface area contributed by atoms with Gasteiger partial charge in [0.05, 0.1) is 17.3 Å². The standard InChI is InChI=1S/C22H25FN4/c23-21-13-19(14-24)5-8-22(21)25-15-17-3-6-20(7-4-17)27-11-9-26(10-12-27)16-18-1-2-18/h3-8,13,18,25H,1-2,9-12,15-16H2. The van der Waals surface area contributed by atoms with Crippen LogP contribution in [0.1, 0.15) is 24.0 Å². The lowest BCUT2D eigenvalue weighted by molar-refractivity contribution is 0.248. The van der Waals surface area contributed by atoms with Crippen molar-refractivity contribution in [1.82, 2.24) is 4.90 Å². The molecule has 1 saturated carbocycles. The Morgan fingerprint density at radius 1 is 1.04 bits per heavy atom. The van der Waals surface area contributed by atoms with Crippen LogP contribution >= 0.6 is 0 Å². The fraction of sp³-hybridized carbons (Fsp3) is 0.409. The van der Waals surface area contributed by atoms with E-state index in [4.69, 9.17) is 5.26 Å². The number of halogens is 1. The van der Waals surface area contributed by atoms with Gasteiger partial charge in [-0.25, -0.2) is 4.39 Å². The van der Waals surface area contributed by atoms with Gasteiger partial charge in [0, 0.05) is 45.0 Å². The van der Waals surface area contributed by atoms with Crippen molar-refractivity contribution >= 4 is 11.4 Å². The maximum absolute atomic E-state index is 13.9. The van der Waals surface area contributed by atoms with Crippen LogP contribution in [0, 0.1) is 23.1 Å². The molecule has 0 unspecified atom stereocenters. The maximum atomic E-state index is 13.9. The number of hydrogen-bond acceptors (Lipinski definition) is 4. The van der Waals surface area contributed by atoms with Crippen LogP contribution in [-0.2, 0) is 6.54 Å². The van der Waals surface area contributed by atoms with Crippen LogP contribution in [0.5, 0.6) is 0 Å². The van der Waals surface area contributed by atoms with Gasteiger partial charge in [0.15, 0.2) is 0 Å². The average molecular weight is 364 g/mol. The maximum Gasteiger partial charge on any atom is 0.147 e. The average Bonchev–Trinajstić information content (AvgIpc) is 3.52. The summed E-state index contributed by atoms with van der Waals surface area (Å²) in [7, 11) is 0. The first-order valence-electron chi connectivity index (χ1n) is 9.71. The Morgan fingerprint density at radius 2 is 1.78 bits per heavy atom. The van der Waals surface area contributed by atoms with E-state index in [-0.39, 0.29) is 0 Å². The molecular weight excluding hydrogens is 339 g/mol. The van der Waals surface area contributed by atoms with Crippen molar-refractivity contribution in [2.75, 3.05) is 42.9 Å². The summed E-state index contributed by atoms with van der Waals surface area (Å²) in [6, 6.07) is 14.9. The third-order valence-corrected chi connectivity index (χ3v) is 5.47. The molecule has 4 nitrogen and oxygen atoms in total. The molecule has 5 heteroatoms. The van der Waals surface area contributed by atoms with Gasteiger partial charge < -0.3 is 10.2 Å². The molecule has 1 saturated heterocycles. The van der Waals surface area contributed by atoms with Gasteiger partial charge in [-0.1, -0.05) is 12.1 Å². The van der Waals surface area contributed by atoms with Crippen LogP contribution in [0.4, 0.5) is 15.8 Å². The smallest absolute Gasteiger partial charge is 0.147 e. The number of hydrogen-bond donors (Lipinski definition) is 1. The van der Waals surface area contributed by atoms with Crippen molar-refractivity contribution < 1.29 is 4.39 Å². The van der Waals surface area contributed by atoms with E-state index in [1.54, 1.807) is 12.1 Å². The first-order chi connectivity index (χ1) is 13.2. The van der Waals surface area contributed by atoms with Crippen LogP contribution in [0.2, 0.25) is 0 Å². The zero-order valence-electron chi connectivity index (χ0n) is 15.5. The summed E-state index contributed by atoms with van der Waals surface area (Å²) < 4.78 is 13.9. The van der Waals surface area contributed by atoms with Gasteiger partial charge in [0.2, 0.25) is 0 Å². The van der Waals surface area contributed by atoms with Gasteiger partial charge in [0.25, 0.3) is 0 Å². The lowest BCUT2D eigenvalue weighted by atomic mass is 10.1. The third kappa shape index (κ3) is 4.58. The molecule has 0 aromatic heterocycles. The van der Waals surface area contributed by atoms with Crippen LogP contribution in [0.15, 0.2) is 42.5 Å². The quantitative estimate of drug-likeness (QED) is 0.846. The highest BCUT2D eigenvalue weighted by atomic mass is 19.1. The van der Waals surface area contributed by atoms with Gasteiger partial charge in [-0.2, -0.15) is 5.26 Å². The number of nitrogens with one attached hydrogen (secondary N) is 1. The van der Waals surface area contributed by atoms with Crippen molar-refractivity contribution in [3.8, 4) is 6.07 Å². The molecule has 27 heavy (non-hydrogen) atoms. The molecule has 1 heterocycles. The first kappa shape index (κ1) is 17.8. The molecule has 2 aromatic rings. The Bertz CT molecular complexity index is 815. The molecule has 1 aliphatic heterocycles. The SMILES string of the molecule is N#Cc1ccc(NCc2ccc(N3CCN(CC4CC4)CC3)cc2)c(F)c1. The van der Waals surface area contributed by atoms with E-state index in [2.05, 4.69) is 39.4 Å². The van der Waals surface area contributed by atoms with E-state index in [1.807, 2.05) is 6.07 Å². The summed E-state index contributed by atoms with van der Waals surface area (Å²) in [6.07, 6.45) is 2.84. The highest BCUT2D eigenvalue weighted by Crippen LogP contribution is 2.30. The van der Waals surface area contributed by atoms with Gasteiger partial charge >= 0.3 is 0 Å². The Morgan fingerprint density at radius 3 is 2.41 bits per heavy atom. The van der Waals surface area contributed by atoms with E-state index in [1.165, 1.54) is 31.1 Å². The number of nitrogens with zero attached hydrogens (tertiary/aromatic N) is 3. The van der Waals surface area contributed by atoms with E-state index in [0.29, 0.717) is 17.8 Å². The largest absolute Gasteiger partial charge is 0.379 e. The van der Waals surface area contributed by atoms with Crippen molar-refractivity contribution in [3.05, 3.63) is 59.4 Å². The lowest BCUT2D eigenvalue weighted by Gasteiger charge is -2.36. The van der Waals surface area contributed by atoms with Crippen molar-refractivity contribution in [2.24, 2.45) is 5.92 Å². The summed E-state index contributed by atoms with van der Waals surface area (Å²) >= 11 is 0. The molecule has 0 amide bonds. The second kappa shape index (κ2) is 7.98. The van der Waals surface area contributed by atoms with Crippen LogP contribution in [-0.4, -0.2) is 37.6 Å². The minimum atomic E-state index is -0.394. The normalized spacial score (nSPS) is 17.6. The highest BCUT2D eigenvalue weighted by molar-refractivity contribution is 5.51. The number of nitriles is 1. The van der Waals surface area contributed by atoms with Crippen LogP contribution in [0.25, 0.3) is 0 Å². The molecule has 2 fully saturated rings. The highest BCUT2D eigenvalue weighted by Gasteiger charge is 2.26. The van der Waals surface area contributed by atoms with E-state index >= 15 is 0 Å². The molecule has 0 bridgehead atoms. The van der Waals surface area contributed by atoms with Crippen LogP contribution < -0.4 is 10.2 Å². The second-order valence-electron chi connectivity index (χ2n) is 7.56. The summed E-state index contributed by atoms with van der Waals surface area (Å²) in [5.74, 6) is 0.569. The fourth-order valence-electron chi connectivity index (χ4n) is 3.60. The molecule has 0 atom stereocenters. The summed E-state index contributed by atoms with van der Waals surface area (Å²) in [5, 5.41) is 11.9. The topological polar surface area (TPSA) is 42.3 Å². The van der Waals surface area contributed by atoms with Crippen molar-refractivity contribution in [3.63, 3.8) is 0 Å². The third-order valence-electron chi connectivity index (χ3n) is 5.47. The van der Waals surface area contributed by atoms with E-state index in [9.17, 15) is 4.39 Å². The molecule has 0 spiro atoms. The van der Waals surface area contributed by atoms with Gasteiger partial charge in [-0.15, -0.1) is 0 Å². The summed E-state index contributed by atoms with van der Waals surface area (Å²) in [6.45, 7) is 6.31. The molecule has 140 valence electrons. The molecule has 2 aliphatic rings. The summed E-state index contributed by atoms with van der Waals surface area (Å²) in [5.41, 5.74) is 3.12. The zero-order valence-corrected chi connectivity index (χ0v) is 15.5. The number of piperazine rings is 1. The zero-order chi connectivity index (χ0) is 18.6. The van der Waals surface area contributed by atoms with E-state index < -0.39 is 5.82 Å². The molecule has 1 N–H and O–H groups in total. The summed E-state index contributed by atoms with van der Waals surface area (Å²) in [4.78, 5) is 5.04. The number of benzene rings is 2. The van der Waals surface area contributed by atoms with Crippen LogP contribution in [0.3, 0.4) is 0 Å². The van der Waals surface area contributed by atoms with Crippen molar-refractivity contribution in [1.29, 1.82) is 5.26 Å². The Labute approximate surface area is 160 Å². The monoisotopic (exact) mass is 364 g/mol. The molecule has 1 aliphatic carbocycles. The van der Waals surface area contributed by atoms with Crippen molar-refractivity contribution in [2.45, 2.75) is 19.4 Å². The molecule has 4 rings (SSSR count). The minimum absolute atomic E-state index is 0.333. The lowest BCUT2D eigenvalue weighted by Crippen LogP contribution is -2.47.